The van der Waals surface area contributed by atoms with Gasteiger partial charge in [-0.25, -0.2) is 0 Å². The first-order valence-corrected chi connectivity index (χ1v) is 6.97. The molecule has 0 aliphatic heterocycles. The minimum absolute atomic E-state index is 0.235. The number of hydrogen-bond donors (Lipinski definition) is 1. The number of benzene rings is 2. The van der Waals surface area contributed by atoms with E-state index in [0.717, 1.165) is 17.7 Å². The first kappa shape index (κ1) is 17.3. The van der Waals surface area contributed by atoms with Crippen LogP contribution in [0.25, 0.3) is 6.08 Å². The molecular formula is C18H13F3N2O. The molecule has 0 spiro atoms. The van der Waals surface area contributed by atoms with Crippen LogP contribution in [0.2, 0.25) is 0 Å². The molecule has 2 rings (SSSR count). The minimum Gasteiger partial charge on any atom is -0.321 e. The normalized spacial score (nSPS) is 11.7. The topological polar surface area (TPSA) is 52.9 Å². The Morgan fingerprint density at radius 3 is 2.50 bits per heavy atom. The fourth-order valence-electron chi connectivity index (χ4n) is 2.11. The van der Waals surface area contributed by atoms with Gasteiger partial charge >= 0.3 is 6.18 Å². The van der Waals surface area contributed by atoms with E-state index in [0.29, 0.717) is 5.69 Å². The van der Waals surface area contributed by atoms with Crippen LogP contribution in [0.15, 0.2) is 54.1 Å². The number of carbonyl (C=O) groups is 1. The van der Waals surface area contributed by atoms with Crippen LogP contribution in [0.3, 0.4) is 0 Å². The summed E-state index contributed by atoms with van der Waals surface area (Å²) in [7, 11) is 0. The average molecular weight is 330 g/mol. The number of alkyl halides is 3. The molecule has 6 heteroatoms. The molecule has 0 saturated carbocycles. The van der Waals surface area contributed by atoms with Gasteiger partial charge in [0.25, 0.3) is 5.91 Å². The summed E-state index contributed by atoms with van der Waals surface area (Å²) in [5.41, 5.74) is -0.182. The van der Waals surface area contributed by atoms with Crippen molar-refractivity contribution < 1.29 is 18.0 Å². The van der Waals surface area contributed by atoms with Crippen LogP contribution in [0.4, 0.5) is 18.9 Å². The molecule has 0 fully saturated rings. The van der Waals surface area contributed by atoms with Gasteiger partial charge in [-0.3, -0.25) is 4.79 Å². The molecular weight excluding hydrogens is 317 g/mol. The molecule has 122 valence electrons. The molecule has 0 aliphatic carbocycles. The van der Waals surface area contributed by atoms with E-state index in [1.54, 1.807) is 24.3 Å². The van der Waals surface area contributed by atoms with Crippen molar-refractivity contribution in [2.24, 2.45) is 0 Å². The van der Waals surface area contributed by atoms with Crippen molar-refractivity contribution in [3.05, 3.63) is 70.8 Å². The van der Waals surface area contributed by atoms with Gasteiger partial charge in [-0.2, -0.15) is 18.4 Å². The maximum atomic E-state index is 13.0. The average Bonchev–Trinajstić information content (AvgIpc) is 2.52. The Morgan fingerprint density at radius 2 is 1.88 bits per heavy atom. The van der Waals surface area contributed by atoms with Crippen LogP contribution in [0, 0.1) is 18.3 Å². The van der Waals surface area contributed by atoms with Gasteiger partial charge < -0.3 is 5.32 Å². The van der Waals surface area contributed by atoms with Crippen molar-refractivity contribution in [2.45, 2.75) is 13.1 Å². The highest BCUT2D eigenvalue weighted by Gasteiger charge is 2.32. The lowest BCUT2D eigenvalue weighted by Crippen LogP contribution is -2.14. The number of nitrogens with one attached hydrogen (secondary N) is 1. The van der Waals surface area contributed by atoms with Gasteiger partial charge in [0.15, 0.2) is 0 Å². The third kappa shape index (κ3) is 4.23. The van der Waals surface area contributed by atoms with E-state index in [1.807, 2.05) is 13.0 Å². The second-order valence-electron chi connectivity index (χ2n) is 5.08. The first-order chi connectivity index (χ1) is 11.3. The Morgan fingerprint density at radius 1 is 1.17 bits per heavy atom. The largest absolute Gasteiger partial charge is 0.416 e. The summed E-state index contributed by atoms with van der Waals surface area (Å²) in [6.07, 6.45) is -3.63. The highest BCUT2D eigenvalue weighted by molar-refractivity contribution is 6.09. The van der Waals surface area contributed by atoms with Crippen LogP contribution in [-0.2, 0) is 11.0 Å². The second-order valence-corrected chi connectivity index (χ2v) is 5.08. The molecule has 2 aromatic rings. The van der Waals surface area contributed by atoms with Crippen molar-refractivity contribution in [2.75, 3.05) is 5.32 Å². The van der Waals surface area contributed by atoms with Crippen LogP contribution < -0.4 is 5.32 Å². The zero-order valence-electron chi connectivity index (χ0n) is 12.7. The van der Waals surface area contributed by atoms with E-state index >= 15 is 0 Å². The van der Waals surface area contributed by atoms with E-state index in [9.17, 15) is 18.0 Å². The van der Waals surface area contributed by atoms with Crippen molar-refractivity contribution in [1.82, 2.24) is 0 Å². The molecule has 1 amide bonds. The summed E-state index contributed by atoms with van der Waals surface area (Å²) in [5.74, 6) is -0.764. The Balaban J connectivity index is 2.34. The van der Waals surface area contributed by atoms with E-state index in [4.69, 9.17) is 5.26 Å². The number of nitriles is 1. The zero-order chi connectivity index (χ0) is 17.7. The maximum absolute atomic E-state index is 13.0. The molecule has 0 aliphatic rings. The Hall–Kier alpha value is -3.07. The molecule has 1 N–H and O–H groups in total. The molecule has 3 nitrogen and oxygen atoms in total. The SMILES string of the molecule is Cc1cccc(NC(=O)/C(C#N)=C/c2ccccc2C(F)(F)F)c1. The van der Waals surface area contributed by atoms with Crippen molar-refractivity contribution in [1.29, 1.82) is 5.26 Å². The molecule has 0 saturated heterocycles. The van der Waals surface area contributed by atoms with Gasteiger partial charge in [-0.15, -0.1) is 0 Å². The summed E-state index contributed by atoms with van der Waals surface area (Å²) < 4.78 is 38.9. The van der Waals surface area contributed by atoms with Gasteiger partial charge in [0.05, 0.1) is 5.56 Å². The molecule has 2 aromatic carbocycles. The highest BCUT2D eigenvalue weighted by atomic mass is 19.4. The van der Waals surface area contributed by atoms with Crippen LogP contribution in [0.5, 0.6) is 0 Å². The van der Waals surface area contributed by atoms with Gasteiger partial charge in [0.1, 0.15) is 11.6 Å². The number of hydrogen-bond acceptors (Lipinski definition) is 2. The molecule has 0 radical (unpaired) electrons. The summed E-state index contributed by atoms with van der Waals surface area (Å²) in [6, 6.07) is 13.3. The van der Waals surface area contributed by atoms with Crippen molar-refractivity contribution in [3.8, 4) is 6.07 Å². The number of amides is 1. The number of rotatable bonds is 3. The molecule has 24 heavy (non-hydrogen) atoms. The van der Waals surface area contributed by atoms with Gasteiger partial charge in [0.2, 0.25) is 0 Å². The van der Waals surface area contributed by atoms with Gasteiger partial charge in [0, 0.05) is 5.69 Å². The Bertz CT molecular complexity index is 833. The summed E-state index contributed by atoms with van der Waals surface area (Å²) >= 11 is 0. The highest BCUT2D eigenvalue weighted by Crippen LogP contribution is 2.32. The summed E-state index contributed by atoms with van der Waals surface area (Å²) in [6.45, 7) is 1.83. The lowest BCUT2D eigenvalue weighted by atomic mass is 10.0. The second kappa shape index (κ2) is 7.01. The fourth-order valence-corrected chi connectivity index (χ4v) is 2.11. The van der Waals surface area contributed by atoms with Crippen LogP contribution >= 0.6 is 0 Å². The number of anilines is 1. The number of aryl methyl sites for hydroxylation is 1. The minimum atomic E-state index is -4.57. The smallest absolute Gasteiger partial charge is 0.321 e. The monoisotopic (exact) mass is 330 g/mol. The number of halogens is 3. The van der Waals surface area contributed by atoms with Gasteiger partial charge in [-0.05, 0) is 42.3 Å². The Kier molecular flexibility index (Phi) is 5.05. The maximum Gasteiger partial charge on any atom is 0.416 e. The van der Waals surface area contributed by atoms with Crippen LogP contribution in [-0.4, -0.2) is 5.91 Å². The third-order valence-electron chi connectivity index (χ3n) is 3.21. The van der Waals surface area contributed by atoms with E-state index in [1.165, 1.54) is 18.2 Å². The van der Waals surface area contributed by atoms with Crippen molar-refractivity contribution in [3.63, 3.8) is 0 Å². The zero-order valence-corrected chi connectivity index (χ0v) is 12.7. The Labute approximate surface area is 137 Å². The quantitative estimate of drug-likeness (QED) is 0.662. The predicted octanol–water partition coefficient (Wildman–Crippen LogP) is 4.56. The lowest BCUT2D eigenvalue weighted by molar-refractivity contribution is -0.137. The summed E-state index contributed by atoms with van der Waals surface area (Å²) in [5, 5.41) is 11.6. The molecule has 0 heterocycles. The van der Waals surface area contributed by atoms with Gasteiger partial charge in [-0.1, -0.05) is 30.3 Å². The molecule has 0 aromatic heterocycles. The number of nitrogens with zero attached hydrogens (tertiary/aromatic N) is 1. The van der Waals surface area contributed by atoms with E-state index in [-0.39, 0.29) is 5.56 Å². The predicted molar refractivity (Wildman–Crippen MR) is 84.8 cm³/mol. The number of carbonyl (C=O) groups excluding carboxylic acids is 1. The molecule has 0 bridgehead atoms. The van der Waals surface area contributed by atoms with E-state index < -0.39 is 23.2 Å². The fraction of sp³-hybridized carbons (Fsp3) is 0.111. The summed E-state index contributed by atoms with van der Waals surface area (Å²) in [4.78, 5) is 12.1. The van der Waals surface area contributed by atoms with Crippen molar-refractivity contribution >= 4 is 17.7 Å². The molecule has 0 unspecified atom stereocenters. The first-order valence-electron chi connectivity index (χ1n) is 6.97. The lowest BCUT2D eigenvalue weighted by Gasteiger charge is -2.10. The third-order valence-corrected chi connectivity index (χ3v) is 3.21. The molecule has 0 atom stereocenters. The standard InChI is InChI=1S/C18H13F3N2O/c1-12-5-4-7-15(9-12)23-17(24)14(11-22)10-13-6-2-3-8-16(13)18(19,20)21/h2-10H,1H3,(H,23,24)/b14-10+. The van der Waals surface area contributed by atoms with E-state index in [2.05, 4.69) is 5.32 Å². The van der Waals surface area contributed by atoms with Crippen LogP contribution in [0.1, 0.15) is 16.7 Å².